The summed E-state index contributed by atoms with van der Waals surface area (Å²) in [6, 6.07) is 29.3. The first kappa shape index (κ1) is 32.6. The van der Waals surface area contributed by atoms with Crippen LogP contribution in [0.25, 0.3) is 17.0 Å². The lowest BCUT2D eigenvalue weighted by atomic mass is 9.90. The van der Waals surface area contributed by atoms with E-state index in [-0.39, 0.29) is 17.5 Å². The third-order valence-corrected chi connectivity index (χ3v) is 8.83. The molecular weight excluding hydrogens is 600 g/mol. The van der Waals surface area contributed by atoms with Crippen molar-refractivity contribution in [3.05, 3.63) is 114 Å². The molecule has 4 amide bonds. The number of amides is 4. The van der Waals surface area contributed by atoms with Gasteiger partial charge in [-0.25, -0.2) is 14.3 Å². The van der Waals surface area contributed by atoms with E-state index in [2.05, 4.69) is 42.8 Å². The van der Waals surface area contributed by atoms with Crippen molar-refractivity contribution in [2.45, 2.75) is 59.3 Å². The van der Waals surface area contributed by atoms with E-state index in [1.807, 2.05) is 104 Å². The predicted molar refractivity (Wildman–Crippen MR) is 192 cm³/mol. The fourth-order valence-electron chi connectivity index (χ4n) is 5.99. The third kappa shape index (κ3) is 7.79. The van der Waals surface area contributed by atoms with Crippen molar-refractivity contribution in [3.8, 4) is 17.0 Å². The van der Waals surface area contributed by atoms with Crippen molar-refractivity contribution in [3.63, 3.8) is 0 Å². The van der Waals surface area contributed by atoms with Crippen LogP contribution in [0, 0.1) is 19.8 Å². The highest BCUT2D eigenvalue weighted by atomic mass is 16.3. The van der Waals surface area contributed by atoms with Gasteiger partial charge in [0.1, 0.15) is 17.3 Å². The Morgan fingerprint density at radius 1 is 0.854 bits per heavy atom. The highest BCUT2D eigenvalue weighted by molar-refractivity contribution is 5.99. The van der Waals surface area contributed by atoms with E-state index in [1.165, 1.54) is 0 Å². The highest BCUT2D eigenvalue weighted by Crippen LogP contribution is 2.30. The van der Waals surface area contributed by atoms with Crippen molar-refractivity contribution >= 4 is 29.3 Å². The third-order valence-electron chi connectivity index (χ3n) is 8.83. The molecule has 1 saturated heterocycles. The normalized spacial score (nSPS) is 13.7. The second kappa shape index (κ2) is 13.8. The molecule has 3 heterocycles. The zero-order valence-electron chi connectivity index (χ0n) is 28.3. The average molecular weight is 645 g/mol. The van der Waals surface area contributed by atoms with Crippen LogP contribution < -0.4 is 16.0 Å². The van der Waals surface area contributed by atoms with Gasteiger partial charge in [0, 0.05) is 41.9 Å². The minimum absolute atomic E-state index is 0.104. The summed E-state index contributed by atoms with van der Waals surface area (Å²) in [5, 5.41) is 13.9. The number of nitrogens with zero attached hydrogens (tertiary/aromatic N) is 3. The maximum Gasteiger partial charge on any atom is 0.324 e. The molecule has 1 aliphatic heterocycles. The lowest BCUT2D eigenvalue weighted by Gasteiger charge is -2.32. The molecule has 5 aromatic rings. The topological polar surface area (TPSA) is 104 Å². The second-order valence-corrected chi connectivity index (χ2v) is 13.7. The van der Waals surface area contributed by atoms with Crippen LogP contribution in [-0.4, -0.2) is 39.8 Å². The van der Waals surface area contributed by atoms with E-state index in [9.17, 15) is 9.59 Å². The quantitative estimate of drug-likeness (QED) is 0.164. The van der Waals surface area contributed by atoms with Crippen LogP contribution in [0.2, 0.25) is 0 Å². The van der Waals surface area contributed by atoms with Gasteiger partial charge in [-0.2, -0.15) is 5.10 Å². The number of benzene rings is 3. The van der Waals surface area contributed by atoms with Crippen molar-refractivity contribution < 1.29 is 14.0 Å². The number of likely N-dealkylation sites (tertiary alicyclic amines) is 1. The Kier molecular flexibility index (Phi) is 9.39. The number of nitrogens with one attached hydrogen (secondary N) is 3. The molecule has 0 radical (unpaired) electrons. The van der Waals surface area contributed by atoms with Gasteiger partial charge in [0.05, 0.1) is 17.1 Å². The summed E-state index contributed by atoms with van der Waals surface area (Å²) in [5.41, 5.74) is 6.29. The monoisotopic (exact) mass is 644 g/mol. The molecule has 3 N–H and O–H groups in total. The largest absolute Gasteiger partial charge is 0.459 e. The van der Waals surface area contributed by atoms with E-state index in [4.69, 9.17) is 9.52 Å². The van der Waals surface area contributed by atoms with Gasteiger partial charge in [0.15, 0.2) is 0 Å². The van der Waals surface area contributed by atoms with Crippen LogP contribution in [-0.2, 0) is 11.8 Å². The Bertz CT molecular complexity index is 1880. The summed E-state index contributed by atoms with van der Waals surface area (Å²) in [7, 11) is 0. The molecule has 0 bridgehead atoms. The zero-order chi connectivity index (χ0) is 33.8. The number of anilines is 3. The highest BCUT2D eigenvalue weighted by Gasteiger charge is 2.25. The van der Waals surface area contributed by atoms with Crippen molar-refractivity contribution in [1.29, 1.82) is 0 Å². The molecule has 0 unspecified atom stereocenters. The standard InChI is InChI=1S/C39H44N6O3/c1-26-14-16-32(17-15-26)45-36(25-35(43-45)39(3,4)5)42-37(46)40-31-13-9-10-29(23-31)22-28-18-20-44(21-19-28)38(47)41-33-24-34(48-27(33)2)30-11-7-6-8-12-30/h6-17,23-25,28H,18-22H2,1-5H3,(H,41,47)(H2,40,42,46). The first-order chi connectivity index (χ1) is 23.0. The summed E-state index contributed by atoms with van der Waals surface area (Å²) in [5.74, 6) is 2.47. The number of carbonyl (C=O) groups excluding carboxylic acids is 2. The number of furan rings is 1. The number of urea groups is 2. The summed E-state index contributed by atoms with van der Waals surface area (Å²) in [6.07, 6.45) is 2.69. The van der Waals surface area contributed by atoms with Crippen molar-refractivity contribution in [2.24, 2.45) is 5.92 Å². The van der Waals surface area contributed by atoms with E-state index in [0.717, 1.165) is 58.8 Å². The number of rotatable bonds is 7. The van der Waals surface area contributed by atoms with Crippen LogP contribution in [0.3, 0.4) is 0 Å². The molecule has 1 fully saturated rings. The van der Waals surface area contributed by atoms with Gasteiger partial charge in [0.25, 0.3) is 0 Å². The molecule has 9 heteroatoms. The lowest BCUT2D eigenvalue weighted by molar-refractivity contribution is 0.182. The Morgan fingerprint density at radius 3 is 2.29 bits per heavy atom. The Hall–Kier alpha value is -5.31. The molecule has 6 rings (SSSR count). The zero-order valence-corrected chi connectivity index (χ0v) is 28.3. The number of aromatic nitrogens is 2. The van der Waals surface area contributed by atoms with Gasteiger partial charge in [0.2, 0.25) is 0 Å². The molecule has 0 saturated carbocycles. The van der Waals surface area contributed by atoms with Gasteiger partial charge >= 0.3 is 12.1 Å². The molecule has 48 heavy (non-hydrogen) atoms. The van der Waals surface area contributed by atoms with Gasteiger partial charge < -0.3 is 20.0 Å². The molecule has 2 aromatic heterocycles. The minimum atomic E-state index is -0.330. The fraction of sp³-hybridized carbons (Fsp3) is 0.308. The molecule has 0 aliphatic carbocycles. The second-order valence-electron chi connectivity index (χ2n) is 13.7. The lowest BCUT2D eigenvalue weighted by Crippen LogP contribution is -2.41. The Labute approximate surface area is 282 Å². The number of hydrogen-bond donors (Lipinski definition) is 3. The van der Waals surface area contributed by atoms with Crippen molar-refractivity contribution in [2.75, 3.05) is 29.0 Å². The van der Waals surface area contributed by atoms with Crippen LogP contribution in [0.5, 0.6) is 0 Å². The van der Waals surface area contributed by atoms with Crippen LogP contribution in [0.15, 0.2) is 95.4 Å². The average Bonchev–Trinajstić information content (AvgIpc) is 3.65. The van der Waals surface area contributed by atoms with E-state index in [1.54, 1.807) is 4.68 Å². The first-order valence-corrected chi connectivity index (χ1v) is 16.6. The maximum atomic E-state index is 13.2. The summed E-state index contributed by atoms with van der Waals surface area (Å²) < 4.78 is 7.69. The maximum absolute atomic E-state index is 13.2. The van der Waals surface area contributed by atoms with Gasteiger partial charge in [-0.05, 0) is 68.9 Å². The van der Waals surface area contributed by atoms with E-state index >= 15 is 0 Å². The van der Waals surface area contributed by atoms with Gasteiger partial charge in [-0.15, -0.1) is 0 Å². The molecule has 3 aromatic carbocycles. The summed E-state index contributed by atoms with van der Waals surface area (Å²) in [4.78, 5) is 28.2. The molecule has 248 valence electrons. The minimum Gasteiger partial charge on any atom is -0.459 e. The van der Waals surface area contributed by atoms with E-state index in [0.29, 0.717) is 36.3 Å². The first-order valence-electron chi connectivity index (χ1n) is 16.6. The van der Waals surface area contributed by atoms with E-state index < -0.39 is 0 Å². The molecule has 0 atom stereocenters. The fourth-order valence-corrected chi connectivity index (χ4v) is 5.99. The van der Waals surface area contributed by atoms with Crippen LogP contribution in [0.1, 0.15) is 56.2 Å². The SMILES string of the molecule is Cc1ccc(-n2nc(C(C)(C)C)cc2NC(=O)Nc2cccc(CC3CCN(C(=O)Nc4cc(-c5ccccc5)oc4C)CC3)c2)cc1. The smallest absolute Gasteiger partial charge is 0.324 e. The summed E-state index contributed by atoms with van der Waals surface area (Å²) in [6.45, 7) is 11.6. The molecule has 0 spiro atoms. The van der Waals surface area contributed by atoms with Crippen LogP contribution >= 0.6 is 0 Å². The number of piperidine rings is 1. The molecule has 9 nitrogen and oxygen atoms in total. The predicted octanol–water partition coefficient (Wildman–Crippen LogP) is 9.18. The number of aryl methyl sites for hydroxylation is 2. The Balaban J connectivity index is 1.03. The number of hydrogen-bond acceptors (Lipinski definition) is 4. The number of carbonyl (C=O) groups is 2. The van der Waals surface area contributed by atoms with Crippen LogP contribution in [0.4, 0.5) is 26.8 Å². The van der Waals surface area contributed by atoms with Gasteiger partial charge in [-0.3, -0.25) is 5.32 Å². The van der Waals surface area contributed by atoms with Gasteiger partial charge in [-0.1, -0.05) is 80.9 Å². The Morgan fingerprint density at radius 2 is 1.58 bits per heavy atom. The summed E-state index contributed by atoms with van der Waals surface area (Å²) >= 11 is 0. The van der Waals surface area contributed by atoms with Crippen molar-refractivity contribution in [1.82, 2.24) is 14.7 Å². The molecular formula is C39H44N6O3. The molecule has 1 aliphatic rings.